The fourth-order valence-electron chi connectivity index (χ4n) is 3.70. The van der Waals surface area contributed by atoms with Crippen LogP contribution in [0.3, 0.4) is 0 Å². The zero-order valence-corrected chi connectivity index (χ0v) is 20.4. The molecule has 1 aromatic carbocycles. The Morgan fingerprint density at radius 1 is 1.09 bits per heavy atom. The zero-order valence-electron chi connectivity index (χ0n) is 19.6. The van der Waals surface area contributed by atoms with E-state index < -0.39 is 48.5 Å². The van der Waals surface area contributed by atoms with Crippen LogP contribution in [0.1, 0.15) is 42.4 Å². The first-order valence-corrected chi connectivity index (χ1v) is 11.5. The number of carbonyl (C=O) groups excluding carboxylic acids is 4. The van der Waals surface area contributed by atoms with Gasteiger partial charge in [-0.3, -0.25) is 14.4 Å². The van der Waals surface area contributed by atoms with E-state index in [0.717, 1.165) is 11.3 Å². The lowest BCUT2D eigenvalue weighted by molar-refractivity contribution is -0.245. The maximum atomic E-state index is 12.1. The van der Waals surface area contributed by atoms with Crippen LogP contribution in [0.4, 0.5) is 0 Å². The summed E-state index contributed by atoms with van der Waals surface area (Å²) in [7, 11) is 1.27. The van der Waals surface area contributed by atoms with E-state index in [1.54, 1.807) is 18.2 Å². The van der Waals surface area contributed by atoms with Crippen molar-refractivity contribution < 1.29 is 52.7 Å². The van der Waals surface area contributed by atoms with Crippen molar-refractivity contribution in [3.63, 3.8) is 0 Å². The van der Waals surface area contributed by atoms with Gasteiger partial charge in [0.15, 0.2) is 6.10 Å². The van der Waals surface area contributed by atoms with Crippen molar-refractivity contribution in [2.24, 2.45) is 0 Å². The van der Waals surface area contributed by atoms with Gasteiger partial charge in [0, 0.05) is 26.2 Å². The molecule has 1 N–H and O–H groups in total. The average Bonchev–Trinajstić information content (AvgIpc) is 3.24. The molecule has 2 aromatic rings. The number of methoxy groups -OCH3 is 1. The molecule has 3 rings (SSSR count). The van der Waals surface area contributed by atoms with Crippen LogP contribution in [0.5, 0.6) is 5.75 Å². The molecule has 4 atom stereocenters. The third kappa shape index (κ3) is 6.47. The van der Waals surface area contributed by atoms with Gasteiger partial charge in [-0.2, -0.15) is 0 Å². The maximum absolute atomic E-state index is 12.1. The molecule has 11 nitrogen and oxygen atoms in total. The first-order chi connectivity index (χ1) is 16.6. The minimum atomic E-state index is -1.03. The average molecular weight is 511 g/mol. The Kier molecular flexibility index (Phi) is 8.65. The van der Waals surface area contributed by atoms with Gasteiger partial charge in [-0.25, -0.2) is 4.79 Å². The number of esters is 4. The zero-order chi connectivity index (χ0) is 25.7. The van der Waals surface area contributed by atoms with Crippen molar-refractivity contribution >= 4 is 45.3 Å². The monoisotopic (exact) mass is 510 g/mol. The van der Waals surface area contributed by atoms with Gasteiger partial charge in [0.05, 0.1) is 24.8 Å². The number of carbonyl (C=O) groups is 4. The molecule has 190 valence electrons. The second-order valence-corrected chi connectivity index (χ2v) is 8.76. The van der Waals surface area contributed by atoms with Crippen molar-refractivity contribution in [3.05, 3.63) is 28.6 Å². The quantitative estimate of drug-likeness (QED) is 0.412. The van der Waals surface area contributed by atoms with Gasteiger partial charge in [0.25, 0.3) is 0 Å². The highest BCUT2D eigenvalue weighted by Crippen LogP contribution is 2.38. The molecule has 0 radical (unpaired) electrons. The Morgan fingerprint density at radius 2 is 1.80 bits per heavy atom. The fraction of sp³-hybridized carbons (Fsp3) is 0.478. The summed E-state index contributed by atoms with van der Waals surface area (Å²) in [6.45, 7) is 3.11. The van der Waals surface area contributed by atoms with E-state index in [4.69, 9.17) is 28.4 Å². The molecule has 1 fully saturated rings. The molecular weight excluding hydrogens is 484 g/mol. The van der Waals surface area contributed by atoms with Crippen molar-refractivity contribution in [2.45, 2.75) is 58.4 Å². The molecule has 1 saturated heterocycles. The minimum absolute atomic E-state index is 0.00652. The van der Waals surface area contributed by atoms with Crippen LogP contribution < -0.4 is 4.74 Å². The predicted octanol–water partition coefficient (Wildman–Crippen LogP) is 2.10. The summed E-state index contributed by atoms with van der Waals surface area (Å²) in [5.74, 6) is -1.98. The number of rotatable bonds is 8. The summed E-state index contributed by atoms with van der Waals surface area (Å²) in [4.78, 5) is 47.1. The summed E-state index contributed by atoms with van der Waals surface area (Å²) in [5, 5.41) is 10.3. The Hall–Kier alpha value is -3.22. The van der Waals surface area contributed by atoms with Crippen LogP contribution in [0, 0.1) is 0 Å². The molecule has 0 aliphatic carbocycles. The van der Waals surface area contributed by atoms with E-state index in [1.807, 2.05) is 0 Å². The van der Waals surface area contributed by atoms with Gasteiger partial charge in [-0.05, 0) is 17.7 Å². The van der Waals surface area contributed by atoms with Crippen LogP contribution >= 0.6 is 11.3 Å². The molecule has 1 aromatic heterocycles. The minimum Gasteiger partial charge on any atom is -0.465 e. The predicted molar refractivity (Wildman–Crippen MR) is 121 cm³/mol. The number of thiophene rings is 1. The highest BCUT2D eigenvalue weighted by molar-refractivity contribution is 7.21. The van der Waals surface area contributed by atoms with E-state index in [-0.39, 0.29) is 19.6 Å². The second-order valence-electron chi connectivity index (χ2n) is 7.71. The normalized spacial score (nSPS) is 21.7. The van der Waals surface area contributed by atoms with Gasteiger partial charge in [-0.15, -0.1) is 11.3 Å². The summed E-state index contributed by atoms with van der Waals surface area (Å²) in [5.41, 5.74) is 0.587. The van der Waals surface area contributed by atoms with Gasteiger partial charge >= 0.3 is 23.9 Å². The molecule has 1 aliphatic heterocycles. The van der Waals surface area contributed by atoms with Gasteiger partial charge in [-0.1, -0.05) is 6.07 Å². The smallest absolute Gasteiger partial charge is 0.348 e. The molecule has 12 heteroatoms. The molecule has 0 bridgehead atoms. The first-order valence-electron chi connectivity index (χ1n) is 10.7. The Morgan fingerprint density at radius 3 is 2.40 bits per heavy atom. The first kappa shape index (κ1) is 26.4. The molecular formula is C23H26O11S. The SMILES string of the molecule is COC(=O)c1cc2c(CO)ccc(OC3CC(OC(C)=O)[C@@H](OC(C)=O)[C@@H](COC(C)=O)O3)c2s1. The lowest BCUT2D eigenvalue weighted by Gasteiger charge is -2.39. The maximum Gasteiger partial charge on any atom is 0.348 e. The van der Waals surface area contributed by atoms with Crippen molar-refractivity contribution in [3.8, 4) is 5.75 Å². The summed E-state index contributed by atoms with van der Waals surface area (Å²) in [6.07, 6.45) is -3.92. The number of hydrogen-bond donors (Lipinski definition) is 1. The summed E-state index contributed by atoms with van der Waals surface area (Å²) < 4.78 is 33.2. The Bertz CT molecular complexity index is 1110. The molecule has 2 heterocycles. The number of ether oxygens (including phenoxy) is 6. The van der Waals surface area contributed by atoms with Crippen LogP contribution in [-0.4, -0.2) is 67.3 Å². The van der Waals surface area contributed by atoms with E-state index >= 15 is 0 Å². The van der Waals surface area contributed by atoms with Crippen molar-refractivity contribution in [1.82, 2.24) is 0 Å². The van der Waals surface area contributed by atoms with Crippen LogP contribution in [0.2, 0.25) is 0 Å². The van der Waals surface area contributed by atoms with Gasteiger partial charge in [0.2, 0.25) is 6.29 Å². The third-order valence-corrected chi connectivity index (χ3v) is 6.24. The Balaban J connectivity index is 1.94. The topological polar surface area (TPSA) is 144 Å². The third-order valence-electron chi connectivity index (χ3n) is 5.11. The van der Waals surface area contributed by atoms with Gasteiger partial charge < -0.3 is 33.5 Å². The molecule has 35 heavy (non-hydrogen) atoms. The highest BCUT2D eigenvalue weighted by Gasteiger charge is 2.44. The second kappa shape index (κ2) is 11.5. The summed E-state index contributed by atoms with van der Waals surface area (Å²) >= 11 is 1.12. The van der Waals surface area contributed by atoms with Gasteiger partial charge in [0.1, 0.15) is 29.4 Å². The van der Waals surface area contributed by atoms with Crippen molar-refractivity contribution in [2.75, 3.05) is 13.7 Å². The van der Waals surface area contributed by atoms with E-state index in [9.17, 15) is 24.3 Å². The number of aliphatic hydroxyl groups excluding tert-OH is 1. The lowest BCUT2D eigenvalue weighted by atomic mass is 10.0. The number of hydrogen-bond acceptors (Lipinski definition) is 12. The van der Waals surface area contributed by atoms with E-state index in [2.05, 4.69) is 0 Å². The van der Waals surface area contributed by atoms with Crippen LogP contribution in [-0.2, 0) is 44.7 Å². The molecule has 0 spiro atoms. The largest absolute Gasteiger partial charge is 0.465 e. The van der Waals surface area contributed by atoms with Crippen LogP contribution in [0.25, 0.3) is 10.1 Å². The summed E-state index contributed by atoms with van der Waals surface area (Å²) in [6, 6.07) is 4.87. The molecule has 2 unspecified atom stereocenters. The van der Waals surface area contributed by atoms with E-state index in [1.165, 1.54) is 27.9 Å². The van der Waals surface area contributed by atoms with Crippen LogP contribution in [0.15, 0.2) is 18.2 Å². The molecule has 0 saturated carbocycles. The van der Waals surface area contributed by atoms with Crippen molar-refractivity contribution in [1.29, 1.82) is 0 Å². The number of aliphatic hydroxyl groups is 1. The Labute approximate surface area is 204 Å². The fourth-order valence-corrected chi connectivity index (χ4v) is 4.78. The molecule has 0 amide bonds. The highest BCUT2D eigenvalue weighted by atomic mass is 32.1. The number of fused-ring (bicyclic) bond motifs is 1. The molecule has 1 aliphatic rings. The number of benzene rings is 1. The lowest BCUT2D eigenvalue weighted by Crippen LogP contribution is -2.54. The van der Waals surface area contributed by atoms with E-state index in [0.29, 0.717) is 26.3 Å². The standard InChI is InChI=1S/C23H26O11S/c1-11(25)30-10-18-21(32-13(3)27)17(31-12(2)26)8-20(34-18)33-16-6-5-14(9-24)15-7-19(23(28)29-4)35-22(15)16/h5-7,17-18,20-21,24H,8-10H2,1-4H3/t17?,18-,20?,21-/m1/s1.